The number of methoxy groups -OCH3 is 1. The summed E-state index contributed by atoms with van der Waals surface area (Å²) in [5, 5.41) is 16.4. The Labute approximate surface area is 164 Å². The van der Waals surface area contributed by atoms with Gasteiger partial charge in [-0.3, -0.25) is 0 Å². The number of ether oxygens (including phenoxy) is 1. The Morgan fingerprint density at radius 2 is 2.04 bits per heavy atom. The second-order valence-corrected chi connectivity index (χ2v) is 6.25. The predicted octanol–water partition coefficient (Wildman–Crippen LogP) is 3.90. The number of nitrogens with zero attached hydrogens (tertiary/aromatic N) is 4. The Kier molecular flexibility index (Phi) is 4.54. The molecule has 9 heteroatoms. The van der Waals surface area contributed by atoms with Crippen LogP contribution in [0.25, 0.3) is 16.8 Å². The molecule has 0 unspecified atom stereocenters. The lowest BCUT2D eigenvalue weighted by Crippen LogP contribution is -2.02. The van der Waals surface area contributed by atoms with Crippen LogP contribution < -0.4 is 10.1 Å². The predicted molar refractivity (Wildman–Crippen MR) is 104 cm³/mol. The molecule has 4 aromatic rings. The highest BCUT2D eigenvalue weighted by atomic mass is 35.5. The van der Waals surface area contributed by atoms with Crippen molar-refractivity contribution in [1.29, 1.82) is 0 Å². The molecule has 8 nitrogen and oxygen atoms in total. The van der Waals surface area contributed by atoms with Gasteiger partial charge < -0.3 is 15.2 Å². The van der Waals surface area contributed by atoms with E-state index in [-0.39, 0.29) is 10.7 Å². The minimum atomic E-state index is -1.19. The summed E-state index contributed by atoms with van der Waals surface area (Å²) in [6.45, 7) is 0. The first-order chi connectivity index (χ1) is 13.5. The van der Waals surface area contributed by atoms with E-state index in [1.165, 1.54) is 12.3 Å². The summed E-state index contributed by atoms with van der Waals surface area (Å²) in [5.41, 5.74) is 2.81. The van der Waals surface area contributed by atoms with E-state index in [2.05, 4.69) is 20.4 Å². The number of benzene rings is 1. The van der Waals surface area contributed by atoms with Crippen molar-refractivity contribution in [2.24, 2.45) is 0 Å². The van der Waals surface area contributed by atoms with E-state index in [4.69, 9.17) is 21.4 Å². The molecule has 1 aromatic carbocycles. The number of hydrogen-bond acceptors (Lipinski definition) is 6. The number of carboxylic acids is 1. The van der Waals surface area contributed by atoms with Gasteiger partial charge in [-0.15, -0.1) is 5.10 Å². The Bertz CT molecular complexity index is 1170. The molecule has 140 valence electrons. The molecule has 3 aromatic heterocycles. The molecule has 0 spiro atoms. The number of halogens is 1. The first kappa shape index (κ1) is 17.7. The molecular formula is C19H14ClN5O3. The second-order valence-electron chi connectivity index (χ2n) is 5.84. The first-order valence-corrected chi connectivity index (χ1v) is 8.58. The number of hydrogen-bond donors (Lipinski definition) is 2. The van der Waals surface area contributed by atoms with Gasteiger partial charge in [0.2, 0.25) is 5.95 Å². The molecule has 0 saturated carbocycles. The summed E-state index contributed by atoms with van der Waals surface area (Å²) in [6.07, 6.45) is 3.16. The molecule has 0 amide bonds. The van der Waals surface area contributed by atoms with Gasteiger partial charge >= 0.3 is 5.97 Å². The van der Waals surface area contributed by atoms with Gasteiger partial charge in [-0.05, 0) is 35.9 Å². The highest BCUT2D eigenvalue weighted by molar-refractivity contribution is 6.33. The second kappa shape index (κ2) is 7.16. The van der Waals surface area contributed by atoms with E-state index in [1.807, 2.05) is 36.4 Å². The van der Waals surface area contributed by atoms with Gasteiger partial charge in [-0.25, -0.2) is 14.3 Å². The fourth-order valence-corrected chi connectivity index (χ4v) is 2.99. The molecule has 0 bridgehead atoms. The van der Waals surface area contributed by atoms with Crippen LogP contribution in [-0.4, -0.2) is 37.8 Å². The lowest BCUT2D eigenvalue weighted by atomic mass is 10.1. The molecule has 0 fully saturated rings. The SMILES string of the molecule is COc1ccc(-c2cccn3nc(Nc4cnc(C(=O)O)c(Cl)c4)nc23)cc1. The third-order valence-corrected chi connectivity index (χ3v) is 4.35. The van der Waals surface area contributed by atoms with Crippen molar-refractivity contribution >= 4 is 34.9 Å². The number of rotatable bonds is 5. The van der Waals surface area contributed by atoms with Crippen LogP contribution >= 0.6 is 11.6 Å². The van der Waals surface area contributed by atoms with Gasteiger partial charge in [0.15, 0.2) is 11.3 Å². The fraction of sp³-hybridized carbons (Fsp3) is 0.0526. The van der Waals surface area contributed by atoms with Crippen molar-refractivity contribution in [2.45, 2.75) is 0 Å². The van der Waals surface area contributed by atoms with E-state index < -0.39 is 5.97 Å². The van der Waals surface area contributed by atoms with Crippen LogP contribution in [0.5, 0.6) is 5.75 Å². The molecule has 28 heavy (non-hydrogen) atoms. The van der Waals surface area contributed by atoms with E-state index in [0.29, 0.717) is 17.3 Å². The summed E-state index contributed by atoms with van der Waals surface area (Å²) in [6, 6.07) is 13.0. The van der Waals surface area contributed by atoms with Gasteiger partial charge in [-0.2, -0.15) is 4.98 Å². The number of carbonyl (C=O) groups is 1. The smallest absolute Gasteiger partial charge is 0.356 e. The summed E-state index contributed by atoms with van der Waals surface area (Å²) in [4.78, 5) is 19.4. The lowest BCUT2D eigenvalue weighted by molar-refractivity contribution is 0.0691. The quantitative estimate of drug-likeness (QED) is 0.528. The number of anilines is 2. The highest BCUT2D eigenvalue weighted by Gasteiger charge is 2.13. The molecule has 0 saturated heterocycles. The maximum absolute atomic E-state index is 11.0. The molecule has 0 aliphatic rings. The number of nitrogens with one attached hydrogen (secondary N) is 1. The molecule has 2 N–H and O–H groups in total. The van der Waals surface area contributed by atoms with Gasteiger partial charge in [0.25, 0.3) is 0 Å². The van der Waals surface area contributed by atoms with Gasteiger partial charge in [0.1, 0.15) is 5.75 Å². The van der Waals surface area contributed by atoms with Crippen LogP contribution in [-0.2, 0) is 0 Å². The molecular weight excluding hydrogens is 382 g/mol. The van der Waals surface area contributed by atoms with Crippen molar-refractivity contribution in [2.75, 3.05) is 12.4 Å². The third kappa shape index (κ3) is 3.33. The topological polar surface area (TPSA) is 102 Å². The Balaban J connectivity index is 1.68. The Morgan fingerprint density at radius 1 is 1.25 bits per heavy atom. The van der Waals surface area contributed by atoms with Crippen molar-refractivity contribution in [3.05, 3.63) is 65.6 Å². The summed E-state index contributed by atoms with van der Waals surface area (Å²) >= 11 is 5.96. The van der Waals surface area contributed by atoms with Crippen LogP contribution in [0.4, 0.5) is 11.6 Å². The maximum atomic E-state index is 11.0. The average molecular weight is 396 g/mol. The zero-order chi connectivity index (χ0) is 19.7. The van der Waals surface area contributed by atoms with Gasteiger partial charge in [-0.1, -0.05) is 23.7 Å². The van der Waals surface area contributed by atoms with Crippen LogP contribution in [0.15, 0.2) is 54.9 Å². The molecule has 0 aliphatic carbocycles. The van der Waals surface area contributed by atoms with Crippen molar-refractivity contribution in [1.82, 2.24) is 19.6 Å². The van der Waals surface area contributed by atoms with Crippen molar-refractivity contribution in [3.63, 3.8) is 0 Å². The molecule has 0 radical (unpaired) electrons. The minimum absolute atomic E-state index is 0.0280. The summed E-state index contributed by atoms with van der Waals surface area (Å²) < 4.78 is 6.85. The first-order valence-electron chi connectivity index (χ1n) is 8.21. The van der Waals surface area contributed by atoms with Crippen LogP contribution in [0.2, 0.25) is 5.02 Å². The largest absolute Gasteiger partial charge is 0.497 e. The number of aromatic nitrogens is 4. The van der Waals surface area contributed by atoms with E-state index in [0.717, 1.165) is 16.9 Å². The molecule has 0 atom stereocenters. The summed E-state index contributed by atoms with van der Waals surface area (Å²) in [7, 11) is 1.62. The zero-order valence-corrected chi connectivity index (χ0v) is 15.4. The Hall–Kier alpha value is -3.65. The number of fused-ring (bicyclic) bond motifs is 1. The van der Waals surface area contributed by atoms with Crippen LogP contribution in [0.1, 0.15) is 10.5 Å². The standard InChI is InChI=1S/C19H14ClN5O3/c1-28-13-6-4-11(5-7-13)14-3-2-8-25-17(14)23-19(24-25)22-12-9-15(20)16(18(26)27)21-10-12/h2-10H,1H3,(H,22,24)(H,26,27). The maximum Gasteiger partial charge on any atom is 0.356 e. The normalized spacial score (nSPS) is 10.8. The average Bonchev–Trinajstić information content (AvgIpc) is 3.10. The fourth-order valence-electron chi connectivity index (χ4n) is 2.75. The van der Waals surface area contributed by atoms with Crippen LogP contribution in [0.3, 0.4) is 0 Å². The van der Waals surface area contributed by atoms with Gasteiger partial charge in [0, 0.05) is 11.8 Å². The molecule has 3 heterocycles. The monoisotopic (exact) mass is 395 g/mol. The number of pyridine rings is 2. The number of aromatic carboxylic acids is 1. The van der Waals surface area contributed by atoms with Crippen molar-refractivity contribution < 1.29 is 14.6 Å². The van der Waals surface area contributed by atoms with Crippen molar-refractivity contribution in [3.8, 4) is 16.9 Å². The molecule has 0 aliphatic heterocycles. The zero-order valence-electron chi connectivity index (χ0n) is 14.6. The van der Waals surface area contributed by atoms with Crippen LogP contribution in [0, 0.1) is 0 Å². The number of carboxylic acid groups (broad SMARTS) is 1. The van der Waals surface area contributed by atoms with E-state index in [9.17, 15) is 4.79 Å². The van der Waals surface area contributed by atoms with E-state index in [1.54, 1.807) is 17.8 Å². The highest BCUT2D eigenvalue weighted by Crippen LogP contribution is 2.27. The lowest BCUT2D eigenvalue weighted by Gasteiger charge is -2.04. The minimum Gasteiger partial charge on any atom is -0.497 e. The Morgan fingerprint density at radius 3 is 2.71 bits per heavy atom. The molecule has 4 rings (SSSR count). The van der Waals surface area contributed by atoms with E-state index >= 15 is 0 Å². The summed E-state index contributed by atoms with van der Waals surface area (Å²) in [5.74, 6) is -0.0813. The third-order valence-electron chi connectivity index (χ3n) is 4.06. The van der Waals surface area contributed by atoms with Gasteiger partial charge in [0.05, 0.1) is 24.0 Å².